The number of alkyl halides is 3. The van der Waals surface area contributed by atoms with Gasteiger partial charge in [0.15, 0.2) is 0 Å². The Hall–Kier alpha value is -2.91. The third kappa shape index (κ3) is 6.36. The van der Waals surface area contributed by atoms with Crippen LogP contribution in [0.4, 0.5) is 13.2 Å². The fourth-order valence-electron chi connectivity index (χ4n) is 3.88. The third-order valence-electron chi connectivity index (χ3n) is 5.74. The Balaban J connectivity index is 1.20. The summed E-state index contributed by atoms with van der Waals surface area (Å²) in [6.07, 6.45) is -2.89. The van der Waals surface area contributed by atoms with Crippen molar-refractivity contribution < 1.29 is 22.5 Å². The van der Waals surface area contributed by atoms with Crippen molar-refractivity contribution in [2.75, 3.05) is 26.2 Å². The normalized spacial score (nSPS) is 15.0. The molecule has 1 fully saturated rings. The van der Waals surface area contributed by atoms with E-state index >= 15 is 0 Å². The number of rotatable bonds is 7. The number of piperazine rings is 1. The van der Waals surface area contributed by atoms with Gasteiger partial charge in [-0.1, -0.05) is 35.0 Å². The number of carbonyl (C=O) groups excluding carboxylic acids is 1. The third-order valence-corrected chi connectivity index (χ3v) is 5.99. The quantitative estimate of drug-likeness (QED) is 0.460. The van der Waals surface area contributed by atoms with Gasteiger partial charge in [0, 0.05) is 56.2 Å². The van der Waals surface area contributed by atoms with Gasteiger partial charge in [-0.05, 0) is 42.3 Å². The number of amides is 1. The Labute approximate surface area is 200 Å². The smallest absolute Gasteiger partial charge is 0.340 e. The molecule has 3 aromatic rings. The first kappa shape index (κ1) is 24.2. The van der Waals surface area contributed by atoms with Crippen molar-refractivity contribution in [1.29, 1.82) is 0 Å². The molecule has 0 spiro atoms. The zero-order valence-corrected chi connectivity index (χ0v) is 19.1. The van der Waals surface area contributed by atoms with Crippen molar-refractivity contribution in [2.24, 2.45) is 0 Å². The van der Waals surface area contributed by atoms with E-state index < -0.39 is 11.7 Å². The maximum absolute atomic E-state index is 12.9. The van der Waals surface area contributed by atoms with E-state index in [1.165, 1.54) is 12.1 Å². The van der Waals surface area contributed by atoms with Gasteiger partial charge in [0.05, 0.1) is 5.56 Å². The van der Waals surface area contributed by atoms with Gasteiger partial charge in [0.2, 0.25) is 17.6 Å². The second-order valence-corrected chi connectivity index (χ2v) is 8.66. The highest BCUT2D eigenvalue weighted by molar-refractivity contribution is 6.30. The SMILES string of the molecule is O=C(CCCc1nc(-c2ccc(Cl)cc2)no1)N1CCN(Cc2cccc(C(F)(F)F)c2)CC1. The number of carbonyl (C=O) groups is 1. The summed E-state index contributed by atoms with van der Waals surface area (Å²) in [5.74, 6) is 1.01. The number of hydrogen-bond acceptors (Lipinski definition) is 5. The van der Waals surface area contributed by atoms with Crippen LogP contribution in [0.3, 0.4) is 0 Å². The molecular formula is C24H24ClF3N4O2. The van der Waals surface area contributed by atoms with Crippen LogP contribution in [-0.4, -0.2) is 52.0 Å². The van der Waals surface area contributed by atoms with Gasteiger partial charge in [-0.15, -0.1) is 0 Å². The molecule has 0 radical (unpaired) electrons. The molecule has 1 aliphatic heterocycles. The summed E-state index contributed by atoms with van der Waals surface area (Å²) in [6.45, 7) is 2.78. The Morgan fingerprint density at radius 3 is 2.50 bits per heavy atom. The lowest BCUT2D eigenvalue weighted by Gasteiger charge is -2.35. The van der Waals surface area contributed by atoms with Gasteiger partial charge in [-0.25, -0.2) is 0 Å². The fourth-order valence-corrected chi connectivity index (χ4v) is 4.01. The van der Waals surface area contributed by atoms with Gasteiger partial charge in [-0.3, -0.25) is 9.69 Å². The summed E-state index contributed by atoms with van der Waals surface area (Å²) in [7, 11) is 0. The van der Waals surface area contributed by atoms with E-state index in [9.17, 15) is 18.0 Å². The predicted molar refractivity (Wildman–Crippen MR) is 121 cm³/mol. The van der Waals surface area contributed by atoms with Crippen molar-refractivity contribution in [1.82, 2.24) is 19.9 Å². The molecule has 0 aliphatic carbocycles. The van der Waals surface area contributed by atoms with Crippen LogP contribution in [-0.2, 0) is 23.9 Å². The van der Waals surface area contributed by atoms with E-state index in [2.05, 4.69) is 15.0 Å². The monoisotopic (exact) mass is 492 g/mol. The number of halogens is 4. The maximum Gasteiger partial charge on any atom is 0.416 e. The summed E-state index contributed by atoms with van der Waals surface area (Å²) in [4.78, 5) is 20.8. The highest BCUT2D eigenvalue weighted by Gasteiger charge is 2.30. The second kappa shape index (κ2) is 10.6. The molecule has 0 atom stereocenters. The van der Waals surface area contributed by atoms with E-state index in [4.69, 9.17) is 16.1 Å². The molecular weight excluding hydrogens is 469 g/mol. The first-order valence-electron chi connectivity index (χ1n) is 11.0. The number of nitrogens with zero attached hydrogens (tertiary/aromatic N) is 4. The molecule has 0 N–H and O–H groups in total. The van der Waals surface area contributed by atoms with Crippen molar-refractivity contribution in [3.05, 3.63) is 70.6 Å². The number of benzene rings is 2. The zero-order valence-electron chi connectivity index (χ0n) is 18.4. The molecule has 34 heavy (non-hydrogen) atoms. The Bertz CT molecular complexity index is 1110. The minimum atomic E-state index is -4.35. The van der Waals surface area contributed by atoms with Crippen molar-refractivity contribution in [3.63, 3.8) is 0 Å². The minimum absolute atomic E-state index is 0.0520. The summed E-state index contributed by atoms with van der Waals surface area (Å²) in [5.41, 5.74) is 0.783. The highest BCUT2D eigenvalue weighted by atomic mass is 35.5. The van der Waals surface area contributed by atoms with Crippen LogP contribution < -0.4 is 0 Å². The molecule has 4 rings (SSSR count). The predicted octanol–water partition coefficient (Wildman–Crippen LogP) is 5.08. The standard InChI is InChI=1S/C24H24ClF3N4O2/c25-20-9-7-18(8-10-20)23-29-21(34-30-23)5-2-6-22(33)32-13-11-31(12-14-32)16-17-3-1-4-19(15-17)24(26,27)28/h1,3-4,7-10,15H,2,5-6,11-14,16H2. The van der Waals surface area contributed by atoms with Crippen LogP contribution in [0.5, 0.6) is 0 Å². The van der Waals surface area contributed by atoms with Crippen LogP contribution in [0.15, 0.2) is 53.1 Å². The molecule has 1 aromatic heterocycles. The van der Waals surface area contributed by atoms with Gasteiger partial charge < -0.3 is 9.42 Å². The van der Waals surface area contributed by atoms with E-state index in [0.717, 1.165) is 11.6 Å². The van der Waals surface area contributed by atoms with E-state index in [1.54, 1.807) is 23.1 Å². The topological polar surface area (TPSA) is 62.5 Å². The summed E-state index contributed by atoms with van der Waals surface area (Å²) >= 11 is 5.89. The first-order chi connectivity index (χ1) is 16.3. The molecule has 0 saturated carbocycles. The average molecular weight is 493 g/mol. The molecule has 0 unspecified atom stereocenters. The Morgan fingerprint density at radius 1 is 1.06 bits per heavy atom. The molecule has 6 nitrogen and oxygen atoms in total. The molecule has 1 saturated heterocycles. The summed E-state index contributed by atoms with van der Waals surface area (Å²) < 4.78 is 44.0. The Morgan fingerprint density at radius 2 is 1.79 bits per heavy atom. The van der Waals surface area contributed by atoms with Crippen LogP contribution in [0.1, 0.15) is 29.9 Å². The molecule has 0 bridgehead atoms. The van der Waals surface area contributed by atoms with Gasteiger partial charge in [0.25, 0.3) is 0 Å². The van der Waals surface area contributed by atoms with E-state index in [1.807, 2.05) is 12.1 Å². The van der Waals surface area contributed by atoms with E-state index in [-0.39, 0.29) is 5.91 Å². The summed E-state index contributed by atoms with van der Waals surface area (Å²) in [6, 6.07) is 12.5. The molecule has 10 heteroatoms. The molecule has 1 amide bonds. The Kier molecular flexibility index (Phi) is 7.53. The lowest BCUT2D eigenvalue weighted by molar-refractivity contribution is -0.137. The van der Waals surface area contributed by atoms with Gasteiger partial charge in [-0.2, -0.15) is 18.2 Å². The largest absolute Gasteiger partial charge is 0.416 e. The number of aromatic nitrogens is 2. The molecule has 2 aromatic carbocycles. The maximum atomic E-state index is 12.9. The fraction of sp³-hybridized carbons (Fsp3) is 0.375. The second-order valence-electron chi connectivity index (χ2n) is 8.23. The zero-order chi connectivity index (χ0) is 24.1. The summed E-state index contributed by atoms with van der Waals surface area (Å²) in [5, 5.41) is 4.60. The molecule has 2 heterocycles. The van der Waals surface area contributed by atoms with Crippen LogP contribution >= 0.6 is 11.6 Å². The molecule has 180 valence electrons. The lowest BCUT2D eigenvalue weighted by Crippen LogP contribution is -2.48. The van der Waals surface area contributed by atoms with Gasteiger partial charge >= 0.3 is 6.18 Å². The van der Waals surface area contributed by atoms with E-state index in [0.29, 0.717) is 74.3 Å². The van der Waals surface area contributed by atoms with Crippen molar-refractivity contribution >= 4 is 17.5 Å². The van der Waals surface area contributed by atoms with Gasteiger partial charge in [0.1, 0.15) is 0 Å². The van der Waals surface area contributed by atoms with Crippen LogP contribution in [0, 0.1) is 0 Å². The minimum Gasteiger partial charge on any atom is -0.340 e. The van der Waals surface area contributed by atoms with Crippen LogP contribution in [0.2, 0.25) is 5.02 Å². The molecule has 1 aliphatic rings. The average Bonchev–Trinajstić information content (AvgIpc) is 3.28. The number of hydrogen-bond donors (Lipinski definition) is 0. The highest BCUT2D eigenvalue weighted by Crippen LogP contribution is 2.30. The van der Waals surface area contributed by atoms with Crippen molar-refractivity contribution in [2.45, 2.75) is 32.0 Å². The van der Waals surface area contributed by atoms with Crippen molar-refractivity contribution in [3.8, 4) is 11.4 Å². The van der Waals surface area contributed by atoms with Crippen LogP contribution in [0.25, 0.3) is 11.4 Å². The number of aryl methyl sites for hydroxylation is 1. The lowest BCUT2D eigenvalue weighted by atomic mass is 10.1. The first-order valence-corrected chi connectivity index (χ1v) is 11.4.